The minimum absolute atomic E-state index is 0.0265. The van der Waals surface area contributed by atoms with Gasteiger partial charge in [-0.2, -0.15) is 0 Å². The second kappa shape index (κ2) is 6.50. The van der Waals surface area contributed by atoms with Crippen LogP contribution in [0.4, 0.5) is 16.2 Å². The van der Waals surface area contributed by atoms with Crippen LogP contribution in [0, 0.1) is 5.41 Å². The van der Waals surface area contributed by atoms with Crippen LogP contribution in [0.1, 0.15) is 24.2 Å². The number of anilines is 2. The van der Waals surface area contributed by atoms with Crippen molar-refractivity contribution in [2.45, 2.75) is 18.7 Å². The van der Waals surface area contributed by atoms with Crippen molar-refractivity contribution >= 4 is 34.4 Å². The molecule has 0 bridgehead atoms. The summed E-state index contributed by atoms with van der Waals surface area (Å²) >= 11 is -1.20. The van der Waals surface area contributed by atoms with Gasteiger partial charge in [-0.25, -0.2) is 4.79 Å². The normalized spacial score (nSPS) is 17.0. The van der Waals surface area contributed by atoms with Crippen LogP contribution in [0.5, 0.6) is 0 Å². The second-order valence-corrected chi connectivity index (χ2v) is 7.98. The van der Waals surface area contributed by atoms with Crippen molar-refractivity contribution in [2.75, 3.05) is 23.0 Å². The highest BCUT2D eigenvalue weighted by atomic mass is 32.2. The lowest BCUT2D eigenvalue weighted by atomic mass is 9.80. The molecule has 1 N–H and O–H groups in total. The van der Waals surface area contributed by atoms with Gasteiger partial charge in [-0.1, -0.05) is 13.8 Å². The fourth-order valence-electron chi connectivity index (χ4n) is 2.83. The first-order valence-corrected chi connectivity index (χ1v) is 9.36. The van der Waals surface area contributed by atoms with Gasteiger partial charge in [-0.15, -0.1) is 0 Å². The molecule has 1 aliphatic heterocycles. The van der Waals surface area contributed by atoms with E-state index in [9.17, 15) is 14.1 Å². The third-order valence-corrected chi connectivity index (χ3v) is 5.08. The number of pyridine rings is 1. The van der Waals surface area contributed by atoms with Crippen LogP contribution in [0.3, 0.4) is 0 Å². The summed E-state index contributed by atoms with van der Waals surface area (Å²) in [4.78, 5) is 31.6. The molecule has 130 valence electrons. The maximum absolute atomic E-state index is 12.8. The highest BCUT2D eigenvalue weighted by molar-refractivity contribution is 7.90. The van der Waals surface area contributed by atoms with E-state index < -0.39 is 16.6 Å². The van der Waals surface area contributed by atoms with E-state index in [0.717, 1.165) is 0 Å². The first-order valence-electron chi connectivity index (χ1n) is 7.80. The van der Waals surface area contributed by atoms with Crippen LogP contribution in [0.2, 0.25) is 0 Å². The number of amides is 2. The number of hydrogen-bond acceptors (Lipinski definition) is 4. The number of benzene rings is 1. The van der Waals surface area contributed by atoms with Crippen LogP contribution >= 0.6 is 0 Å². The third kappa shape index (κ3) is 3.38. The van der Waals surface area contributed by atoms with Crippen molar-refractivity contribution < 1.29 is 14.1 Å². The van der Waals surface area contributed by atoms with Crippen molar-refractivity contribution in [1.82, 2.24) is 4.98 Å². The molecule has 0 spiro atoms. The molecular formula is C18H19N3O3S. The predicted octanol–water partition coefficient (Wildman–Crippen LogP) is 3.08. The van der Waals surface area contributed by atoms with Gasteiger partial charge in [0.15, 0.2) is 10.7 Å². The minimum atomic E-state index is -1.20. The van der Waals surface area contributed by atoms with E-state index in [1.54, 1.807) is 49.0 Å². The smallest absolute Gasteiger partial charge is 0.326 e. The van der Waals surface area contributed by atoms with Crippen molar-refractivity contribution in [3.63, 3.8) is 0 Å². The molecule has 7 heteroatoms. The lowest BCUT2D eigenvalue weighted by Crippen LogP contribution is -2.49. The van der Waals surface area contributed by atoms with Crippen LogP contribution in [0.15, 0.2) is 47.6 Å². The van der Waals surface area contributed by atoms with Crippen molar-refractivity contribution in [2.24, 2.45) is 5.41 Å². The summed E-state index contributed by atoms with van der Waals surface area (Å²) in [5.41, 5.74) is 0.816. The van der Waals surface area contributed by atoms with E-state index in [-0.39, 0.29) is 18.4 Å². The number of nitrogens with zero attached hydrogens (tertiary/aromatic N) is 2. The number of carbonyl (C=O) groups excluding carboxylic acids is 2. The molecule has 1 aromatic heterocycles. The average Bonchev–Trinajstić information content (AvgIpc) is 2.58. The summed E-state index contributed by atoms with van der Waals surface area (Å²) in [7, 11) is 0. The number of nitrogens with one attached hydrogen (secondary N) is 1. The number of ketones is 1. The zero-order valence-corrected chi connectivity index (χ0v) is 15.1. The summed E-state index contributed by atoms with van der Waals surface area (Å²) in [5.74, 6) is -0.0265. The zero-order valence-electron chi connectivity index (χ0n) is 14.3. The molecule has 25 heavy (non-hydrogen) atoms. The molecule has 0 saturated heterocycles. The molecule has 1 aliphatic rings. The Labute approximate surface area is 149 Å². The summed E-state index contributed by atoms with van der Waals surface area (Å²) in [6.07, 6.45) is 4.74. The molecule has 0 aliphatic carbocycles. The van der Waals surface area contributed by atoms with Gasteiger partial charge >= 0.3 is 6.03 Å². The highest BCUT2D eigenvalue weighted by Gasteiger charge is 2.40. The summed E-state index contributed by atoms with van der Waals surface area (Å²) < 4.78 is 11.8. The monoisotopic (exact) mass is 357 g/mol. The molecule has 0 saturated carbocycles. The molecule has 6 nitrogen and oxygen atoms in total. The average molecular weight is 357 g/mol. The Bertz CT molecular complexity index is 822. The maximum atomic E-state index is 12.8. The lowest BCUT2D eigenvalue weighted by molar-refractivity contribution is 0.0837. The van der Waals surface area contributed by atoms with E-state index in [2.05, 4.69) is 10.3 Å². The SMILES string of the molecule is C[S+]([O-])c1ccc2c(c1)N(C(=O)Nc1cccnc1)CC(C)(C)C2=O. The first-order chi connectivity index (χ1) is 11.8. The molecule has 2 aromatic rings. The summed E-state index contributed by atoms with van der Waals surface area (Å²) in [5, 5.41) is 2.79. The predicted molar refractivity (Wildman–Crippen MR) is 97.5 cm³/mol. The number of rotatable bonds is 2. The van der Waals surface area contributed by atoms with Crippen LogP contribution in [-0.2, 0) is 11.2 Å². The molecule has 1 aromatic carbocycles. The van der Waals surface area contributed by atoms with Gasteiger partial charge in [0.25, 0.3) is 0 Å². The fourth-order valence-corrected chi connectivity index (χ4v) is 3.37. The number of urea groups is 1. The van der Waals surface area contributed by atoms with Gasteiger partial charge in [0.2, 0.25) is 0 Å². The first kappa shape index (κ1) is 17.4. The number of Topliss-reactive ketones (excluding diaryl/α,β-unsaturated/α-hetero) is 1. The zero-order chi connectivity index (χ0) is 18.2. The van der Waals surface area contributed by atoms with Crippen molar-refractivity contribution in [1.29, 1.82) is 0 Å². The Morgan fingerprint density at radius 3 is 2.76 bits per heavy atom. The van der Waals surface area contributed by atoms with Gasteiger partial charge in [0, 0.05) is 29.8 Å². The summed E-state index contributed by atoms with van der Waals surface area (Å²) in [6, 6.07) is 8.09. The molecule has 2 amide bonds. The molecule has 0 radical (unpaired) electrons. The Morgan fingerprint density at radius 1 is 1.36 bits per heavy atom. The lowest BCUT2D eigenvalue weighted by Gasteiger charge is -2.38. The molecule has 1 atom stereocenters. The van der Waals surface area contributed by atoms with Gasteiger partial charge in [-0.05, 0) is 35.4 Å². The van der Waals surface area contributed by atoms with Crippen molar-refractivity contribution in [3.05, 3.63) is 48.3 Å². The van der Waals surface area contributed by atoms with Gasteiger partial charge in [-0.3, -0.25) is 14.7 Å². The largest absolute Gasteiger partial charge is 0.612 e. The molecule has 1 unspecified atom stereocenters. The van der Waals surface area contributed by atoms with E-state index >= 15 is 0 Å². The standard InChI is InChI=1S/C18H19N3O3S/c1-18(2)11-21(17(23)20-12-5-4-8-19-10-12)15-9-13(25(3)24)6-7-14(15)16(18)22/h4-10H,11H2,1-3H3,(H,20,23). The molecule has 0 fully saturated rings. The van der Waals surface area contributed by atoms with E-state index in [1.807, 2.05) is 13.8 Å². The fraction of sp³-hybridized carbons (Fsp3) is 0.278. The van der Waals surface area contributed by atoms with Crippen LogP contribution < -0.4 is 10.2 Å². The summed E-state index contributed by atoms with van der Waals surface area (Å²) in [6.45, 7) is 3.87. The van der Waals surface area contributed by atoms with Gasteiger partial charge < -0.3 is 9.87 Å². The third-order valence-electron chi connectivity index (χ3n) is 4.16. The van der Waals surface area contributed by atoms with Gasteiger partial charge in [0.1, 0.15) is 6.26 Å². The van der Waals surface area contributed by atoms with E-state index in [1.165, 1.54) is 4.90 Å². The number of hydrogen-bond donors (Lipinski definition) is 1. The maximum Gasteiger partial charge on any atom is 0.326 e. The quantitative estimate of drug-likeness (QED) is 0.837. The Balaban J connectivity index is 2.01. The van der Waals surface area contributed by atoms with Crippen LogP contribution in [0.25, 0.3) is 0 Å². The molecular weight excluding hydrogens is 338 g/mol. The number of carbonyl (C=O) groups is 2. The highest BCUT2D eigenvalue weighted by Crippen LogP contribution is 2.37. The Morgan fingerprint density at radius 2 is 2.12 bits per heavy atom. The van der Waals surface area contributed by atoms with Crippen LogP contribution in [-0.4, -0.2) is 34.2 Å². The van der Waals surface area contributed by atoms with E-state index in [0.29, 0.717) is 21.8 Å². The minimum Gasteiger partial charge on any atom is -0.612 e. The topological polar surface area (TPSA) is 85.4 Å². The van der Waals surface area contributed by atoms with E-state index in [4.69, 9.17) is 0 Å². The molecule has 2 heterocycles. The Hall–Kier alpha value is -2.38. The van der Waals surface area contributed by atoms with Gasteiger partial charge in [0.05, 0.1) is 17.6 Å². The van der Waals surface area contributed by atoms with Crippen molar-refractivity contribution in [3.8, 4) is 0 Å². The Kier molecular flexibility index (Phi) is 4.53. The number of fused-ring (bicyclic) bond motifs is 1. The second-order valence-electron chi connectivity index (χ2n) is 6.60. The number of aromatic nitrogens is 1. The molecule has 3 rings (SSSR count).